The molecule has 1 fully saturated rings. The summed E-state index contributed by atoms with van der Waals surface area (Å²) in [5.74, 6) is 0. The summed E-state index contributed by atoms with van der Waals surface area (Å²) in [7, 11) is 0. The summed E-state index contributed by atoms with van der Waals surface area (Å²) in [6.45, 7) is 3.47. The third-order valence-electron chi connectivity index (χ3n) is 2.69. The van der Waals surface area contributed by atoms with E-state index in [-0.39, 0.29) is 12.7 Å². The molecule has 2 rings (SSSR count). The van der Waals surface area contributed by atoms with Gasteiger partial charge in [-0.1, -0.05) is 0 Å². The molecule has 0 aliphatic carbocycles. The van der Waals surface area contributed by atoms with Gasteiger partial charge in [0.1, 0.15) is 6.67 Å². The highest BCUT2D eigenvalue weighted by molar-refractivity contribution is 9.10. The molecule has 0 amide bonds. The van der Waals surface area contributed by atoms with Crippen LogP contribution in [-0.2, 0) is 0 Å². The third-order valence-corrected chi connectivity index (χ3v) is 4.66. The smallest absolute Gasteiger partial charge is 0.110 e. The zero-order valence-corrected chi connectivity index (χ0v) is 10.8. The van der Waals surface area contributed by atoms with E-state index in [0.717, 1.165) is 35.5 Å². The molecule has 1 N–H and O–H groups in total. The average molecular weight is 293 g/mol. The van der Waals surface area contributed by atoms with Gasteiger partial charge in [0, 0.05) is 35.5 Å². The fourth-order valence-corrected chi connectivity index (χ4v) is 3.62. The predicted octanol–water partition coefficient (Wildman–Crippen LogP) is 2.43. The number of rotatable bonds is 3. The molecule has 0 spiro atoms. The molecule has 5 heteroatoms. The highest BCUT2D eigenvalue weighted by atomic mass is 79.9. The Bertz CT molecular complexity index is 312. The fourth-order valence-electron chi connectivity index (χ4n) is 1.87. The van der Waals surface area contributed by atoms with E-state index in [2.05, 4.69) is 26.1 Å². The molecule has 1 aliphatic rings. The van der Waals surface area contributed by atoms with Gasteiger partial charge in [0.15, 0.2) is 0 Å². The summed E-state index contributed by atoms with van der Waals surface area (Å²) in [4.78, 5) is 3.33. The van der Waals surface area contributed by atoms with Gasteiger partial charge in [-0.25, -0.2) is 4.39 Å². The molecule has 0 aromatic carbocycles. The summed E-state index contributed by atoms with van der Waals surface area (Å²) in [5.41, 5.74) is 0. The normalized spacial score (nSPS) is 20.4. The number of nitrogens with one attached hydrogen (secondary N) is 1. The summed E-state index contributed by atoms with van der Waals surface area (Å²) in [6, 6.07) is 1.92. The van der Waals surface area contributed by atoms with Crippen LogP contribution in [0, 0.1) is 0 Å². The summed E-state index contributed by atoms with van der Waals surface area (Å²) >= 11 is 5.10. The average Bonchev–Trinajstić information content (AvgIpc) is 2.68. The van der Waals surface area contributed by atoms with E-state index in [1.165, 1.54) is 0 Å². The number of nitrogens with zero attached hydrogens (tertiary/aromatic N) is 1. The van der Waals surface area contributed by atoms with Crippen molar-refractivity contribution >= 4 is 27.3 Å². The molecule has 84 valence electrons. The lowest BCUT2D eigenvalue weighted by molar-refractivity contribution is 0.149. The maximum atomic E-state index is 13.1. The number of alkyl halides is 1. The Balaban J connectivity index is 2.12. The minimum Gasteiger partial charge on any atom is -0.314 e. The Kier molecular flexibility index (Phi) is 4.13. The first kappa shape index (κ1) is 11.5. The van der Waals surface area contributed by atoms with Crippen LogP contribution < -0.4 is 5.32 Å². The first-order valence-corrected chi connectivity index (χ1v) is 6.74. The molecule has 1 aromatic rings. The predicted molar refractivity (Wildman–Crippen MR) is 65.2 cm³/mol. The van der Waals surface area contributed by atoms with Crippen LogP contribution in [0.4, 0.5) is 4.39 Å². The van der Waals surface area contributed by atoms with Crippen molar-refractivity contribution in [1.82, 2.24) is 10.2 Å². The van der Waals surface area contributed by atoms with Crippen LogP contribution in [0.5, 0.6) is 0 Å². The topological polar surface area (TPSA) is 15.3 Å². The van der Waals surface area contributed by atoms with Gasteiger partial charge in [-0.2, -0.15) is 0 Å². The molecule has 1 aliphatic heterocycles. The Morgan fingerprint density at radius 3 is 2.80 bits per heavy atom. The van der Waals surface area contributed by atoms with Crippen molar-refractivity contribution in [3.05, 3.63) is 20.8 Å². The Morgan fingerprint density at radius 2 is 2.27 bits per heavy atom. The number of piperazine rings is 1. The van der Waals surface area contributed by atoms with Gasteiger partial charge in [-0.05, 0) is 27.4 Å². The maximum absolute atomic E-state index is 13.1. The van der Waals surface area contributed by atoms with Gasteiger partial charge >= 0.3 is 0 Å². The van der Waals surface area contributed by atoms with Crippen LogP contribution in [0.25, 0.3) is 0 Å². The number of thiophene rings is 1. The van der Waals surface area contributed by atoms with E-state index in [9.17, 15) is 4.39 Å². The highest BCUT2D eigenvalue weighted by Crippen LogP contribution is 2.33. The standard InChI is InChI=1S/C10H14BrFN2S/c11-8-1-6-15-10(8)9(7-12)14-4-2-13-3-5-14/h1,6,9,13H,2-5,7H2/t9-/m1/s1. The second kappa shape index (κ2) is 5.39. The largest absolute Gasteiger partial charge is 0.314 e. The molecule has 0 radical (unpaired) electrons. The van der Waals surface area contributed by atoms with Crippen LogP contribution in [0.1, 0.15) is 10.9 Å². The van der Waals surface area contributed by atoms with Crippen molar-refractivity contribution in [2.24, 2.45) is 0 Å². The number of halogens is 2. The number of hydrogen-bond acceptors (Lipinski definition) is 3. The van der Waals surface area contributed by atoms with Gasteiger partial charge in [-0.15, -0.1) is 11.3 Å². The quantitative estimate of drug-likeness (QED) is 0.921. The summed E-state index contributed by atoms with van der Waals surface area (Å²) in [6.07, 6.45) is 0. The molecule has 1 aromatic heterocycles. The lowest BCUT2D eigenvalue weighted by Crippen LogP contribution is -2.45. The molecule has 2 nitrogen and oxygen atoms in total. The molecule has 0 unspecified atom stereocenters. The van der Waals surface area contributed by atoms with Crippen LogP contribution in [0.3, 0.4) is 0 Å². The molecular weight excluding hydrogens is 279 g/mol. The third kappa shape index (κ3) is 2.58. The minimum absolute atomic E-state index is 0.0681. The van der Waals surface area contributed by atoms with E-state index < -0.39 is 0 Å². The maximum Gasteiger partial charge on any atom is 0.110 e. The van der Waals surface area contributed by atoms with Gasteiger partial charge in [-0.3, -0.25) is 4.90 Å². The van der Waals surface area contributed by atoms with E-state index in [1.54, 1.807) is 11.3 Å². The monoisotopic (exact) mass is 292 g/mol. The molecule has 2 heterocycles. The van der Waals surface area contributed by atoms with Crippen molar-refractivity contribution < 1.29 is 4.39 Å². The van der Waals surface area contributed by atoms with Gasteiger partial charge in [0.2, 0.25) is 0 Å². The Hall–Kier alpha value is 0.0300. The highest BCUT2D eigenvalue weighted by Gasteiger charge is 2.24. The molecule has 1 atom stereocenters. The van der Waals surface area contributed by atoms with Crippen molar-refractivity contribution in [3.63, 3.8) is 0 Å². The van der Waals surface area contributed by atoms with Gasteiger partial charge in [0.05, 0.1) is 6.04 Å². The second-order valence-corrected chi connectivity index (χ2v) is 5.39. The molecular formula is C10H14BrFN2S. The lowest BCUT2D eigenvalue weighted by atomic mass is 10.2. The van der Waals surface area contributed by atoms with E-state index in [4.69, 9.17) is 0 Å². The lowest BCUT2D eigenvalue weighted by Gasteiger charge is -2.33. The van der Waals surface area contributed by atoms with Crippen LogP contribution in [0.2, 0.25) is 0 Å². The number of hydrogen-bond donors (Lipinski definition) is 1. The van der Waals surface area contributed by atoms with E-state index in [0.29, 0.717) is 0 Å². The SMILES string of the molecule is FC[C@H](c1sccc1Br)N1CCNCC1. The van der Waals surface area contributed by atoms with Crippen LogP contribution >= 0.6 is 27.3 Å². The van der Waals surface area contributed by atoms with E-state index in [1.807, 2.05) is 11.4 Å². The Labute approximate surface area is 102 Å². The zero-order valence-electron chi connectivity index (χ0n) is 8.38. The first-order valence-electron chi connectivity index (χ1n) is 5.06. The zero-order chi connectivity index (χ0) is 10.7. The molecule has 0 bridgehead atoms. The van der Waals surface area contributed by atoms with Crippen molar-refractivity contribution in [2.75, 3.05) is 32.9 Å². The fraction of sp³-hybridized carbons (Fsp3) is 0.600. The Morgan fingerprint density at radius 1 is 1.53 bits per heavy atom. The first-order chi connectivity index (χ1) is 7.33. The molecule has 0 saturated carbocycles. The van der Waals surface area contributed by atoms with Gasteiger partial charge < -0.3 is 5.32 Å². The van der Waals surface area contributed by atoms with Crippen molar-refractivity contribution in [1.29, 1.82) is 0 Å². The van der Waals surface area contributed by atoms with Crippen molar-refractivity contribution in [3.8, 4) is 0 Å². The summed E-state index contributed by atoms with van der Waals surface area (Å²) < 4.78 is 14.1. The van der Waals surface area contributed by atoms with Crippen LogP contribution in [0.15, 0.2) is 15.9 Å². The van der Waals surface area contributed by atoms with Crippen molar-refractivity contribution in [2.45, 2.75) is 6.04 Å². The van der Waals surface area contributed by atoms with Crippen LogP contribution in [-0.4, -0.2) is 37.8 Å². The minimum atomic E-state index is -0.306. The van der Waals surface area contributed by atoms with E-state index >= 15 is 0 Å². The second-order valence-electron chi connectivity index (χ2n) is 3.59. The summed E-state index contributed by atoms with van der Waals surface area (Å²) in [5, 5.41) is 5.29. The molecule has 15 heavy (non-hydrogen) atoms. The molecule has 1 saturated heterocycles. The van der Waals surface area contributed by atoms with Gasteiger partial charge in [0.25, 0.3) is 0 Å².